The van der Waals surface area contributed by atoms with Crippen molar-refractivity contribution in [2.45, 2.75) is 32.1 Å². The first-order valence-electron chi connectivity index (χ1n) is 8.83. The average Bonchev–Trinajstić information content (AvgIpc) is 3.20. The number of hydrogen-bond donors (Lipinski definition) is 1. The van der Waals surface area contributed by atoms with Crippen LogP contribution in [0, 0.1) is 0 Å². The highest BCUT2D eigenvalue weighted by Crippen LogP contribution is 2.24. The molecule has 2 N–H and O–H groups in total. The average molecular weight is 418 g/mol. The molecule has 7 nitrogen and oxygen atoms in total. The number of nitrogens with two attached hydrogens (primary N) is 1. The van der Waals surface area contributed by atoms with Crippen molar-refractivity contribution < 1.29 is 9.21 Å². The van der Waals surface area contributed by atoms with E-state index in [1.807, 2.05) is 4.90 Å². The Hall–Kier alpha value is -2.35. The van der Waals surface area contributed by atoms with Crippen LogP contribution in [0.3, 0.4) is 0 Å². The minimum Gasteiger partial charge on any atom is -0.446 e. The summed E-state index contributed by atoms with van der Waals surface area (Å²) < 4.78 is 7.63. The fourth-order valence-electron chi connectivity index (χ4n) is 3.30. The topological polar surface area (TPSA) is 89.7 Å². The van der Waals surface area contributed by atoms with E-state index < -0.39 is 0 Å². The third-order valence-corrected chi connectivity index (χ3v) is 5.07. The summed E-state index contributed by atoms with van der Waals surface area (Å²) in [7, 11) is 0. The van der Waals surface area contributed by atoms with Gasteiger partial charge in [-0.25, -0.2) is 4.98 Å². The van der Waals surface area contributed by atoms with Crippen LogP contribution in [0.15, 0.2) is 33.4 Å². The maximum atomic E-state index is 12.9. The molecule has 0 aliphatic carbocycles. The lowest BCUT2D eigenvalue weighted by Crippen LogP contribution is -2.34. The van der Waals surface area contributed by atoms with E-state index in [4.69, 9.17) is 10.2 Å². The second kappa shape index (κ2) is 7.11. The molecular weight excluding hydrogens is 398 g/mol. The van der Waals surface area contributed by atoms with Crippen LogP contribution in [0.2, 0.25) is 0 Å². The summed E-state index contributed by atoms with van der Waals surface area (Å²) in [5.41, 5.74) is 7.21. The van der Waals surface area contributed by atoms with E-state index in [0.29, 0.717) is 33.3 Å². The maximum Gasteiger partial charge on any atom is 0.254 e. The standard InChI is InChI=1S/C18H20BrN5O2/c19-14-7-6-13(26-14)17-21-16-11-12(10-15(20)24(16)22-17)18(25)23-8-4-2-1-3-5-9-23/h6-7,10-11H,1-5,8-9,20H2. The zero-order valence-corrected chi connectivity index (χ0v) is 15.9. The molecule has 8 heteroatoms. The van der Waals surface area contributed by atoms with E-state index in [1.165, 1.54) is 23.8 Å². The lowest BCUT2D eigenvalue weighted by molar-refractivity contribution is 0.0742. The van der Waals surface area contributed by atoms with Gasteiger partial charge in [0.05, 0.1) is 0 Å². The van der Waals surface area contributed by atoms with Crippen molar-refractivity contribution in [3.8, 4) is 11.6 Å². The van der Waals surface area contributed by atoms with Crippen LogP contribution in [0.25, 0.3) is 17.2 Å². The second-order valence-electron chi connectivity index (χ2n) is 6.54. The summed E-state index contributed by atoms with van der Waals surface area (Å²) in [6.07, 6.45) is 5.71. The number of anilines is 1. The first-order chi connectivity index (χ1) is 12.6. The van der Waals surface area contributed by atoms with E-state index in [0.717, 1.165) is 25.9 Å². The summed E-state index contributed by atoms with van der Waals surface area (Å²) in [6.45, 7) is 1.59. The number of carbonyl (C=O) groups excluding carboxylic acids is 1. The molecule has 0 unspecified atom stereocenters. The number of likely N-dealkylation sites (tertiary alicyclic amines) is 1. The Labute approximate surface area is 159 Å². The van der Waals surface area contributed by atoms with Gasteiger partial charge in [0.15, 0.2) is 16.1 Å². The number of pyridine rings is 1. The Balaban J connectivity index is 1.66. The SMILES string of the molecule is Nc1cc(C(=O)N2CCCCCCC2)cc2nc(-c3ccc(Br)o3)nn12. The van der Waals surface area contributed by atoms with Crippen LogP contribution in [0.1, 0.15) is 42.5 Å². The third-order valence-electron chi connectivity index (χ3n) is 4.65. The Bertz CT molecular complexity index is 940. The fourth-order valence-corrected chi connectivity index (χ4v) is 3.61. The van der Waals surface area contributed by atoms with Crippen molar-refractivity contribution in [1.82, 2.24) is 19.5 Å². The van der Waals surface area contributed by atoms with Gasteiger partial charge in [0.1, 0.15) is 5.82 Å². The molecule has 0 saturated carbocycles. The Morgan fingerprint density at radius 2 is 1.85 bits per heavy atom. The molecule has 1 amide bonds. The Kier molecular flexibility index (Phi) is 4.67. The van der Waals surface area contributed by atoms with Crippen molar-refractivity contribution in [1.29, 1.82) is 0 Å². The first kappa shape index (κ1) is 17.1. The van der Waals surface area contributed by atoms with E-state index in [1.54, 1.807) is 24.3 Å². The number of halogens is 1. The van der Waals surface area contributed by atoms with Crippen LogP contribution in [-0.4, -0.2) is 38.5 Å². The number of aromatic nitrogens is 3. The molecule has 0 aromatic carbocycles. The molecule has 0 bridgehead atoms. The molecule has 0 radical (unpaired) electrons. The molecule has 136 valence electrons. The molecule has 3 aromatic heterocycles. The van der Waals surface area contributed by atoms with Gasteiger partial charge < -0.3 is 15.1 Å². The number of amides is 1. The second-order valence-corrected chi connectivity index (χ2v) is 7.32. The summed E-state index contributed by atoms with van der Waals surface area (Å²) in [5.74, 6) is 1.35. The van der Waals surface area contributed by atoms with Crippen molar-refractivity contribution in [3.63, 3.8) is 0 Å². The van der Waals surface area contributed by atoms with Gasteiger partial charge in [0, 0.05) is 18.7 Å². The summed E-state index contributed by atoms with van der Waals surface area (Å²) in [5, 5.41) is 4.38. The number of rotatable bonds is 2. The zero-order valence-electron chi connectivity index (χ0n) is 14.3. The highest BCUT2D eigenvalue weighted by molar-refractivity contribution is 9.10. The van der Waals surface area contributed by atoms with Crippen molar-refractivity contribution >= 4 is 33.3 Å². The van der Waals surface area contributed by atoms with E-state index in [9.17, 15) is 4.79 Å². The van der Waals surface area contributed by atoms with E-state index in [-0.39, 0.29) is 5.91 Å². The third kappa shape index (κ3) is 3.33. The highest BCUT2D eigenvalue weighted by atomic mass is 79.9. The van der Waals surface area contributed by atoms with Crippen molar-refractivity contribution in [3.05, 3.63) is 34.5 Å². The van der Waals surface area contributed by atoms with Crippen LogP contribution in [-0.2, 0) is 0 Å². The maximum absolute atomic E-state index is 12.9. The minimum absolute atomic E-state index is 0.00592. The lowest BCUT2D eigenvalue weighted by atomic mass is 10.1. The van der Waals surface area contributed by atoms with E-state index >= 15 is 0 Å². The number of fused-ring (bicyclic) bond motifs is 1. The molecule has 0 atom stereocenters. The predicted octanol–water partition coefficient (Wildman–Crippen LogP) is 3.74. The molecule has 26 heavy (non-hydrogen) atoms. The lowest BCUT2D eigenvalue weighted by Gasteiger charge is -2.25. The number of furan rings is 1. The number of nitrogens with zero attached hydrogens (tertiary/aromatic N) is 4. The number of carbonyl (C=O) groups is 1. The number of nitrogen functional groups attached to an aromatic ring is 1. The van der Waals surface area contributed by atoms with Crippen LogP contribution in [0.4, 0.5) is 5.82 Å². The summed E-state index contributed by atoms with van der Waals surface area (Å²) in [6, 6.07) is 6.97. The van der Waals surface area contributed by atoms with Crippen LogP contribution >= 0.6 is 15.9 Å². The van der Waals surface area contributed by atoms with Gasteiger partial charge >= 0.3 is 0 Å². The Morgan fingerprint density at radius 1 is 1.12 bits per heavy atom. The van der Waals surface area contributed by atoms with Gasteiger partial charge in [-0.1, -0.05) is 19.3 Å². The summed E-state index contributed by atoms with van der Waals surface area (Å²) >= 11 is 3.27. The molecule has 1 saturated heterocycles. The van der Waals surface area contributed by atoms with Gasteiger partial charge in [-0.3, -0.25) is 4.79 Å². The molecular formula is C18H20BrN5O2. The van der Waals surface area contributed by atoms with Gasteiger partial charge in [-0.2, -0.15) is 4.52 Å². The number of hydrogen-bond acceptors (Lipinski definition) is 5. The van der Waals surface area contributed by atoms with Crippen molar-refractivity contribution in [2.24, 2.45) is 0 Å². The van der Waals surface area contributed by atoms with Crippen molar-refractivity contribution in [2.75, 3.05) is 18.8 Å². The monoisotopic (exact) mass is 417 g/mol. The molecule has 4 rings (SSSR count). The molecule has 0 spiro atoms. The van der Waals surface area contributed by atoms with Gasteiger partial charge in [0.25, 0.3) is 5.91 Å². The van der Waals surface area contributed by atoms with Crippen LogP contribution in [0.5, 0.6) is 0 Å². The zero-order chi connectivity index (χ0) is 18.1. The molecule has 1 aliphatic heterocycles. The predicted molar refractivity (Wildman–Crippen MR) is 102 cm³/mol. The summed E-state index contributed by atoms with van der Waals surface area (Å²) in [4.78, 5) is 19.3. The van der Waals surface area contributed by atoms with Gasteiger partial charge in [-0.15, -0.1) is 5.10 Å². The Morgan fingerprint density at radius 3 is 2.54 bits per heavy atom. The fraction of sp³-hybridized carbons (Fsp3) is 0.389. The largest absolute Gasteiger partial charge is 0.446 e. The molecule has 1 fully saturated rings. The molecule has 1 aliphatic rings. The normalized spacial score (nSPS) is 15.8. The van der Waals surface area contributed by atoms with Gasteiger partial charge in [0.2, 0.25) is 5.82 Å². The van der Waals surface area contributed by atoms with Crippen LogP contribution < -0.4 is 5.73 Å². The van der Waals surface area contributed by atoms with Gasteiger partial charge in [-0.05, 0) is 53.0 Å². The first-order valence-corrected chi connectivity index (χ1v) is 9.62. The minimum atomic E-state index is 0.00592. The quantitative estimate of drug-likeness (QED) is 0.685. The molecule has 3 aromatic rings. The smallest absolute Gasteiger partial charge is 0.254 e. The molecule has 4 heterocycles. The highest BCUT2D eigenvalue weighted by Gasteiger charge is 2.20. The van der Waals surface area contributed by atoms with E-state index in [2.05, 4.69) is 26.0 Å².